The normalized spacial score (nSPS) is 12.9. The Morgan fingerprint density at radius 1 is 1.30 bits per heavy atom. The SMILES string of the molecule is CCC(NC(=O)c1cc(C(F)(F)F)nn1C(F)F)c1nc(-c2ccnc(C)c2)no1. The van der Waals surface area contributed by atoms with Gasteiger partial charge < -0.3 is 9.84 Å². The number of aryl methyl sites for hydroxylation is 1. The van der Waals surface area contributed by atoms with Gasteiger partial charge in [0.05, 0.1) is 0 Å². The van der Waals surface area contributed by atoms with Crippen LogP contribution < -0.4 is 5.32 Å². The number of rotatable bonds is 6. The molecule has 0 fully saturated rings. The fraction of sp³-hybridized carbons (Fsp3) is 0.353. The Kier molecular flexibility index (Phi) is 5.80. The average Bonchev–Trinajstić information content (AvgIpc) is 3.33. The number of alkyl halides is 5. The Hall–Kier alpha value is -3.38. The molecule has 3 rings (SSSR count). The lowest BCUT2D eigenvalue weighted by molar-refractivity contribution is -0.142. The van der Waals surface area contributed by atoms with Gasteiger partial charge in [0.2, 0.25) is 11.7 Å². The second-order valence-corrected chi connectivity index (χ2v) is 6.21. The molecule has 3 aromatic rings. The summed E-state index contributed by atoms with van der Waals surface area (Å²) in [6.45, 7) is -0.0374. The van der Waals surface area contributed by atoms with Gasteiger partial charge >= 0.3 is 12.7 Å². The molecule has 0 radical (unpaired) electrons. The van der Waals surface area contributed by atoms with Gasteiger partial charge in [0, 0.05) is 23.5 Å². The zero-order valence-corrected chi connectivity index (χ0v) is 15.6. The third-order valence-corrected chi connectivity index (χ3v) is 4.05. The summed E-state index contributed by atoms with van der Waals surface area (Å²) < 4.78 is 69.4. The topological polar surface area (TPSA) is 98.7 Å². The Morgan fingerprint density at radius 2 is 2.03 bits per heavy atom. The number of hydrogen-bond acceptors (Lipinski definition) is 6. The summed E-state index contributed by atoms with van der Waals surface area (Å²) in [5.74, 6) is -1.01. The quantitative estimate of drug-likeness (QED) is 0.595. The maximum atomic E-state index is 13.1. The molecule has 13 heteroatoms. The molecule has 30 heavy (non-hydrogen) atoms. The van der Waals surface area contributed by atoms with Crippen molar-refractivity contribution in [3.8, 4) is 11.4 Å². The molecule has 0 aliphatic rings. The molecule has 0 spiro atoms. The monoisotopic (exact) mass is 430 g/mol. The van der Waals surface area contributed by atoms with Crippen LogP contribution in [0.5, 0.6) is 0 Å². The molecule has 0 aliphatic heterocycles. The Bertz CT molecular complexity index is 1050. The number of aromatic nitrogens is 5. The standard InChI is InChI=1S/C17H15F5N6O2/c1-3-10(15-25-13(27-30-15)9-4-5-23-8(2)6-9)24-14(29)11-7-12(17(20,21)22)26-28(11)16(18)19/h4-7,10,16H,3H2,1-2H3,(H,24,29). The van der Waals surface area contributed by atoms with Gasteiger partial charge in [0.15, 0.2) is 5.69 Å². The molecule has 1 atom stereocenters. The molecule has 0 saturated carbocycles. The van der Waals surface area contributed by atoms with Crippen LogP contribution in [0.15, 0.2) is 28.9 Å². The minimum Gasteiger partial charge on any atom is -0.339 e. The lowest BCUT2D eigenvalue weighted by Gasteiger charge is -2.13. The smallest absolute Gasteiger partial charge is 0.339 e. The molecule has 3 heterocycles. The van der Waals surface area contributed by atoms with Gasteiger partial charge in [-0.1, -0.05) is 12.1 Å². The van der Waals surface area contributed by atoms with Crippen molar-refractivity contribution in [2.24, 2.45) is 0 Å². The van der Waals surface area contributed by atoms with E-state index >= 15 is 0 Å². The second-order valence-electron chi connectivity index (χ2n) is 6.21. The van der Waals surface area contributed by atoms with Crippen molar-refractivity contribution in [1.82, 2.24) is 30.2 Å². The van der Waals surface area contributed by atoms with Gasteiger partial charge in [-0.25, -0.2) is 0 Å². The van der Waals surface area contributed by atoms with Gasteiger partial charge in [-0.05, 0) is 25.5 Å². The number of hydrogen-bond donors (Lipinski definition) is 1. The molecule has 1 unspecified atom stereocenters. The van der Waals surface area contributed by atoms with Gasteiger partial charge in [-0.3, -0.25) is 9.78 Å². The minimum atomic E-state index is -4.98. The molecule has 3 aromatic heterocycles. The van der Waals surface area contributed by atoms with E-state index in [1.807, 2.05) is 0 Å². The minimum absolute atomic E-state index is 0.0329. The van der Waals surface area contributed by atoms with E-state index in [-0.39, 0.29) is 28.9 Å². The van der Waals surface area contributed by atoms with E-state index in [4.69, 9.17) is 4.52 Å². The lowest BCUT2D eigenvalue weighted by atomic mass is 10.2. The van der Waals surface area contributed by atoms with E-state index in [9.17, 15) is 26.7 Å². The summed E-state index contributed by atoms with van der Waals surface area (Å²) in [6.07, 6.45) is -3.23. The molecule has 160 valence electrons. The van der Waals surface area contributed by atoms with Gasteiger partial charge in [-0.15, -0.1) is 0 Å². The largest absolute Gasteiger partial charge is 0.435 e. The summed E-state index contributed by atoms with van der Waals surface area (Å²) in [5, 5.41) is 8.92. The maximum absolute atomic E-state index is 13.1. The first kappa shape index (κ1) is 21.3. The van der Waals surface area contributed by atoms with Crippen molar-refractivity contribution >= 4 is 5.91 Å². The zero-order chi connectivity index (χ0) is 22.1. The van der Waals surface area contributed by atoms with Crippen LogP contribution in [0.3, 0.4) is 0 Å². The van der Waals surface area contributed by atoms with Crippen LogP contribution >= 0.6 is 0 Å². The predicted molar refractivity (Wildman–Crippen MR) is 91.2 cm³/mol. The van der Waals surface area contributed by atoms with Gasteiger partial charge in [-0.2, -0.15) is 36.7 Å². The number of amides is 1. The lowest BCUT2D eigenvalue weighted by Crippen LogP contribution is -2.30. The molecular formula is C17H15F5N6O2. The number of carbonyl (C=O) groups excluding carboxylic acids is 1. The maximum Gasteiger partial charge on any atom is 0.435 e. The van der Waals surface area contributed by atoms with Crippen molar-refractivity contribution in [2.75, 3.05) is 0 Å². The molecule has 0 aromatic carbocycles. The third kappa shape index (κ3) is 4.44. The van der Waals surface area contributed by atoms with Gasteiger partial charge in [0.1, 0.15) is 11.7 Å². The van der Waals surface area contributed by atoms with Crippen LogP contribution in [0.4, 0.5) is 22.0 Å². The number of pyridine rings is 1. The zero-order valence-electron chi connectivity index (χ0n) is 15.6. The van der Waals surface area contributed by atoms with Gasteiger partial charge in [0.25, 0.3) is 5.91 Å². The molecule has 0 bridgehead atoms. The fourth-order valence-corrected chi connectivity index (χ4v) is 2.60. The first-order valence-corrected chi connectivity index (χ1v) is 8.62. The van der Waals surface area contributed by atoms with Crippen LogP contribution in [0.2, 0.25) is 0 Å². The van der Waals surface area contributed by atoms with Crippen molar-refractivity contribution in [1.29, 1.82) is 0 Å². The first-order valence-electron chi connectivity index (χ1n) is 8.62. The fourth-order valence-electron chi connectivity index (χ4n) is 2.60. The van der Waals surface area contributed by atoms with E-state index < -0.39 is 36.1 Å². The Morgan fingerprint density at radius 3 is 2.63 bits per heavy atom. The number of carbonyl (C=O) groups is 1. The molecule has 8 nitrogen and oxygen atoms in total. The van der Waals surface area contributed by atoms with Crippen LogP contribution in [-0.4, -0.2) is 30.8 Å². The van der Waals surface area contributed by atoms with Crippen molar-refractivity contribution in [3.63, 3.8) is 0 Å². The highest BCUT2D eigenvalue weighted by Crippen LogP contribution is 2.30. The first-order chi connectivity index (χ1) is 14.1. The highest BCUT2D eigenvalue weighted by Gasteiger charge is 2.37. The molecular weight excluding hydrogens is 415 g/mol. The van der Waals surface area contributed by atoms with E-state index in [0.29, 0.717) is 11.3 Å². The summed E-state index contributed by atoms with van der Waals surface area (Å²) >= 11 is 0. The van der Waals surface area contributed by atoms with Crippen molar-refractivity contribution < 1.29 is 31.3 Å². The predicted octanol–water partition coefficient (Wildman–Crippen LogP) is 3.93. The van der Waals surface area contributed by atoms with Crippen LogP contribution in [0, 0.1) is 6.92 Å². The summed E-state index contributed by atoms with van der Waals surface area (Å²) in [7, 11) is 0. The third-order valence-electron chi connectivity index (χ3n) is 4.05. The highest BCUT2D eigenvalue weighted by molar-refractivity contribution is 5.93. The molecule has 0 aliphatic carbocycles. The second kappa shape index (κ2) is 8.16. The van der Waals surface area contributed by atoms with Crippen LogP contribution in [0.25, 0.3) is 11.4 Å². The molecule has 0 saturated heterocycles. The van der Waals surface area contributed by atoms with E-state index in [1.165, 1.54) is 0 Å². The molecule has 1 amide bonds. The number of nitrogens with zero attached hydrogens (tertiary/aromatic N) is 5. The highest BCUT2D eigenvalue weighted by atomic mass is 19.4. The number of nitrogens with one attached hydrogen (secondary N) is 1. The number of halogens is 5. The molecule has 1 N–H and O–H groups in total. The van der Waals surface area contributed by atoms with Crippen LogP contribution in [-0.2, 0) is 6.18 Å². The summed E-state index contributed by atoms with van der Waals surface area (Å²) in [6, 6.07) is 2.68. The Balaban J connectivity index is 1.85. The van der Waals surface area contributed by atoms with E-state index in [1.54, 1.807) is 32.2 Å². The van der Waals surface area contributed by atoms with Crippen LogP contribution in [0.1, 0.15) is 53.7 Å². The summed E-state index contributed by atoms with van der Waals surface area (Å²) in [5.41, 5.74) is -1.24. The van der Waals surface area contributed by atoms with Crippen molar-refractivity contribution in [2.45, 2.75) is 39.0 Å². The average molecular weight is 430 g/mol. The van der Waals surface area contributed by atoms with Crippen molar-refractivity contribution in [3.05, 3.63) is 47.4 Å². The van der Waals surface area contributed by atoms with E-state index in [0.717, 1.165) is 0 Å². The summed E-state index contributed by atoms with van der Waals surface area (Å²) in [4.78, 5) is 20.6. The Labute approximate surface area is 166 Å². The van der Waals surface area contributed by atoms with E-state index in [2.05, 4.69) is 25.5 Å².